The van der Waals surface area contributed by atoms with E-state index >= 15 is 0 Å². The third kappa shape index (κ3) is 2.70. The lowest BCUT2D eigenvalue weighted by Gasteiger charge is -2.02. The summed E-state index contributed by atoms with van der Waals surface area (Å²) >= 11 is 0. The van der Waals surface area contributed by atoms with Gasteiger partial charge in [-0.25, -0.2) is 4.39 Å². The molecule has 78 valence electrons. The van der Waals surface area contributed by atoms with Gasteiger partial charge in [0.2, 0.25) is 0 Å². The van der Waals surface area contributed by atoms with E-state index in [-0.39, 0.29) is 18.2 Å². The highest BCUT2D eigenvalue weighted by molar-refractivity contribution is 5.85. The van der Waals surface area contributed by atoms with Gasteiger partial charge in [0.1, 0.15) is 5.82 Å². The summed E-state index contributed by atoms with van der Waals surface area (Å²) in [5, 5.41) is 0. The molecule has 0 fully saturated rings. The van der Waals surface area contributed by atoms with Gasteiger partial charge in [0.05, 0.1) is 0 Å². The van der Waals surface area contributed by atoms with E-state index in [4.69, 9.17) is 5.73 Å². The number of nitrogens with two attached hydrogens (primary N) is 1. The van der Waals surface area contributed by atoms with E-state index in [1.165, 1.54) is 12.1 Å². The lowest BCUT2D eigenvalue weighted by molar-refractivity contribution is 0.628. The van der Waals surface area contributed by atoms with Crippen LogP contribution < -0.4 is 5.73 Å². The molecule has 1 nitrogen and oxygen atoms in total. The molecule has 0 aliphatic carbocycles. The third-order valence-electron chi connectivity index (χ3n) is 2.04. The maximum Gasteiger partial charge on any atom is 0.123 e. The van der Waals surface area contributed by atoms with Crippen LogP contribution in [0.3, 0.4) is 0 Å². The molecule has 0 aromatic heterocycles. The van der Waals surface area contributed by atoms with Crippen molar-refractivity contribution in [3.8, 4) is 11.1 Å². The summed E-state index contributed by atoms with van der Waals surface area (Å²) in [6, 6.07) is 13.9. The van der Waals surface area contributed by atoms with Crippen molar-refractivity contribution < 1.29 is 4.39 Å². The van der Waals surface area contributed by atoms with Crippen LogP contribution in [0.4, 0.5) is 10.1 Å². The normalized spacial score (nSPS) is 9.40. The first-order valence-corrected chi connectivity index (χ1v) is 4.37. The van der Waals surface area contributed by atoms with Gasteiger partial charge in [-0.3, -0.25) is 0 Å². The van der Waals surface area contributed by atoms with Crippen LogP contribution in [-0.4, -0.2) is 0 Å². The molecule has 0 atom stereocenters. The molecule has 2 aromatic carbocycles. The predicted octanol–water partition coefficient (Wildman–Crippen LogP) is 3.50. The Bertz CT molecular complexity index is 413. The maximum atomic E-state index is 12.9. The summed E-state index contributed by atoms with van der Waals surface area (Å²) in [5.41, 5.74) is 8.11. The van der Waals surface area contributed by atoms with E-state index in [9.17, 15) is 4.39 Å². The van der Waals surface area contributed by atoms with Crippen LogP contribution in [0.1, 0.15) is 0 Å². The Morgan fingerprint density at radius 3 is 2.07 bits per heavy atom. The number of anilines is 1. The highest BCUT2D eigenvalue weighted by Gasteiger charge is 1.98. The standard InChI is InChI=1S/C12H10FN.ClH/c13-11-5-1-3-9(7-11)10-4-2-6-12(14)8-10;/h1-8H,14H2;1H. The second kappa shape index (κ2) is 4.80. The van der Waals surface area contributed by atoms with Gasteiger partial charge >= 0.3 is 0 Å². The second-order valence-electron chi connectivity index (χ2n) is 3.14. The third-order valence-corrected chi connectivity index (χ3v) is 2.04. The molecule has 3 heteroatoms. The van der Waals surface area contributed by atoms with Crippen LogP contribution in [0.25, 0.3) is 11.1 Å². The quantitative estimate of drug-likeness (QED) is 0.736. The average molecular weight is 224 g/mol. The zero-order chi connectivity index (χ0) is 9.97. The summed E-state index contributed by atoms with van der Waals surface area (Å²) in [6.45, 7) is 0. The molecule has 0 saturated carbocycles. The summed E-state index contributed by atoms with van der Waals surface area (Å²) in [6.07, 6.45) is 0. The zero-order valence-corrected chi connectivity index (χ0v) is 8.80. The van der Waals surface area contributed by atoms with Crippen molar-refractivity contribution >= 4 is 18.1 Å². The van der Waals surface area contributed by atoms with Crippen LogP contribution in [0.2, 0.25) is 0 Å². The van der Waals surface area contributed by atoms with Gasteiger partial charge in [0, 0.05) is 5.69 Å². The highest BCUT2D eigenvalue weighted by Crippen LogP contribution is 2.21. The number of benzene rings is 2. The Hall–Kier alpha value is -1.54. The molecule has 2 N–H and O–H groups in total. The number of halogens is 2. The monoisotopic (exact) mass is 223 g/mol. The Morgan fingerprint density at radius 2 is 1.47 bits per heavy atom. The minimum absolute atomic E-state index is 0. The Balaban J connectivity index is 0.00000112. The minimum atomic E-state index is -0.232. The molecular formula is C12H11ClFN. The molecule has 0 unspecified atom stereocenters. The van der Waals surface area contributed by atoms with Gasteiger partial charge in [-0.05, 0) is 35.4 Å². The first-order chi connectivity index (χ1) is 6.75. The van der Waals surface area contributed by atoms with Gasteiger partial charge < -0.3 is 5.73 Å². The number of hydrogen-bond acceptors (Lipinski definition) is 1. The van der Waals surface area contributed by atoms with E-state index < -0.39 is 0 Å². The van der Waals surface area contributed by atoms with Crippen molar-refractivity contribution in [3.63, 3.8) is 0 Å². The fourth-order valence-electron chi connectivity index (χ4n) is 1.39. The lowest BCUT2D eigenvalue weighted by atomic mass is 10.1. The fourth-order valence-corrected chi connectivity index (χ4v) is 1.39. The van der Waals surface area contributed by atoms with E-state index in [1.807, 2.05) is 30.3 Å². The first kappa shape index (κ1) is 11.5. The smallest absolute Gasteiger partial charge is 0.123 e. The molecule has 0 aliphatic rings. The van der Waals surface area contributed by atoms with Crippen molar-refractivity contribution in [2.24, 2.45) is 0 Å². The summed E-state index contributed by atoms with van der Waals surface area (Å²) < 4.78 is 12.9. The second-order valence-corrected chi connectivity index (χ2v) is 3.14. The van der Waals surface area contributed by atoms with Gasteiger partial charge in [0.25, 0.3) is 0 Å². The molecule has 0 bridgehead atoms. The van der Waals surface area contributed by atoms with Crippen molar-refractivity contribution in [3.05, 3.63) is 54.3 Å². The van der Waals surface area contributed by atoms with Gasteiger partial charge in [-0.1, -0.05) is 24.3 Å². The molecule has 0 spiro atoms. The van der Waals surface area contributed by atoms with Gasteiger partial charge in [0.15, 0.2) is 0 Å². The zero-order valence-electron chi connectivity index (χ0n) is 7.98. The molecule has 0 heterocycles. The molecule has 0 amide bonds. The Kier molecular flexibility index (Phi) is 3.69. The predicted molar refractivity (Wildman–Crippen MR) is 63.5 cm³/mol. The van der Waals surface area contributed by atoms with E-state index in [0.29, 0.717) is 5.69 Å². The van der Waals surface area contributed by atoms with Crippen LogP contribution in [0, 0.1) is 5.82 Å². The van der Waals surface area contributed by atoms with Crippen molar-refractivity contribution in [1.29, 1.82) is 0 Å². The van der Waals surface area contributed by atoms with Crippen LogP contribution in [0.5, 0.6) is 0 Å². The van der Waals surface area contributed by atoms with E-state index in [0.717, 1.165) is 11.1 Å². The lowest BCUT2D eigenvalue weighted by Crippen LogP contribution is -1.85. The topological polar surface area (TPSA) is 26.0 Å². The summed E-state index contributed by atoms with van der Waals surface area (Å²) in [4.78, 5) is 0. The van der Waals surface area contributed by atoms with Gasteiger partial charge in [-0.15, -0.1) is 12.4 Å². The molecule has 15 heavy (non-hydrogen) atoms. The average Bonchev–Trinajstić information content (AvgIpc) is 2.18. The maximum absolute atomic E-state index is 12.9. The number of nitrogen functional groups attached to an aromatic ring is 1. The molecule has 2 rings (SSSR count). The Morgan fingerprint density at radius 1 is 0.867 bits per heavy atom. The molecule has 0 saturated heterocycles. The largest absolute Gasteiger partial charge is 0.399 e. The molecule has 0 aliphatic heterocycles. The summed E-state index contributed by atoms with van der Waals surface area (Å²) in [7, 11) is 0. The molecule has 2 aromatic rings. The minimum Gasteiger partial charge on any atom is -0.399 e. The van der Waals surface area contributed by atoms with E-state index in [2.05, 4.69) is 0 Å². The summed E-state index contributed by atoms with van der Waals surface area (Å²) in [5.74, 6) is -0.232. The van der Waals surface area contributed by atoms with Crippen LogP contribution in [0.15, 0.2) is 48.5 Å². The first-order valence-electron chi connectivity index (χ1n) is 4.37. The van der Waals surface area contributed by atoms with Crippen molar-refractivity contribution in [1.82, 2.24) is 0 Å². The fraction of sp³-hybridized carbons (Fsp3) is 0. The van der Waals surface area contributed by atoms with E-state index in [1.54, 1.807) is 6.07 Å². The van der Waals surface area contributed by atoms with Crippen molar-refractivity contribution in [2.75, 3.05) is 5.73 Å². The van der Waals surface area contributed by atoms with Gasteiger partial charge in [-0.2, -0.15) is 0 Å². The van der Waals surface area contributed by atoms with Crippen LogP contribution >= 0.6 is 12.4 Å². The number of hydrogen-bond donors (Lipinski definition) is 1. The van der Waals surface area contributed by atoms with Crippen molar-refractivity contribution in [2.45, 2.75) is 0 Å². The number of rotatable bonds is 1. The van der Waals surface area contributed by atoms with Crippen LogP contribution in [-0.2, 0) is 0 Å². The Labute approximate surface area is 94.1 Å². The molecular weight excluding hydrogens is 213 g/mol. The molecule has 0 radical (unpaired) electrons. The SMILES string of the molecule is Cl.Nc1cccc(-c2cccc(F)c2)c1. The highest BCUT2D eigenvalue weighted by atomic mass is 35.5.